The fraction of sp³-hybridized carbons (Fsp3) is 0.629. The molecular weight excluding hydrogens is 654 g/mol. The molecule has 1 aliphatic heterocycles. The van der Waals surface area contributed by atoms with E-state index in [1.807, 2.05) is 30.0 Å². The molecule has 14 heteroatoms. The molecule has 4 aliphatic carbocycles. The molecule has 4 bridgehead atoms. The van der Waals surface area contributed by atoms with E-state index in [0.29, 0.717) is 48.3 Å². The van der Waals surface area contributed by atoms with Crippen molar-refractivity contribution in [2.45, 2.75) is 89.4 Å². The monoisotopic (exact) mass is 703 g/mol. The number of para-hydroxylation sites is 1. The number of nitrogens with one attached hydrogen (secondary N) is 1. The maximum absolute atomic E-state index is 13.4. The van der Waals surface area contributed by atoms with E-state index in [1.54, 1.807) is 11.0 Å². The summed E-state index contributed by atoms with van der Waals surface area (Å²) in [4.78, 5) is 61.7. The number of nitrogens with zero attached hydrogens (tertiary/aromatic N) is 2. The number of carbonyl (C=O) groups is 5. The number of hydrogen-bond donors (Lipinski definition) is 6. The van der Waals surface area contributed by atoms with Crippen molar-refractivity contribution >= 4 is 46.9 Å². The van der Waals surface area contributed by atoms with Crippen LogP contribution in [0.1, 0.15) is 65.7 Å². The normalized spacial score (nSPS) is 29.1. The van der Waals surface area contributed by atoms with Crippen LogP contribution < -0.4 is 21.7 Å². The first-order chi connectivity index (χ1) is 23.0. The van der Waals surface area contributed by atoms with Crippen LogP contribution in [0.25, 0.3) is 0 Å². The number of carboxylic acids is 2. The predicted octanol–water partition coefficient (Wildman–Crippen LogP) is 2.38. The smallest absolute Gasteiger partial charge is 0.328 e. The van der Waals surface area contributed by atoms with Gasteiger partial charge in [-0.25, -0.2) is 9.59 Å². The average Bonchev–Trinajstić information content (AvgIpc) is 3.02. The Bertz CT molecular complexity index is 1420. The van der Waals surface area contributed by atoms with Gasteiger partial charge in [-0.3, -0.25) is 19.3 Å². The largest absolute Gasteiger partial charge is 0.478 e. The molecule has 5 aliphatic rings. The number of piperazine rings is 1. The van der Waals surface area contributed by atoms with Gasteiger partial charge in [0.2, 0.25) is 17.7 Å². The van der Waals surface area contributed by atoms with Crippen LogP contribution in [0, 0.1) is 29.1 Å². The molecule has 0 radical (unpaired) electrons. The van der Waals surface area contributed by atoms with Gasteiger partial charge in [0.1, 0.15) is 0 Å². The van der Waals surface area contributed by atoms with Crippen LogP contribution in [0.2, 0.25) is 5.02 Å². The van der Waals surface area contributed by atoms with E-state index >= 15 is 0 Å². The zero-order valence-corrected chi connectivity index (χ0v) is 29.1. The summed E-state index contributed by atoms with van der Waals surface area (Å²) >= 11 is 6.37. The van der Waals surface area contributed by atoms with E-state index in [9.17, 15) is 29.1 Å². The van der Waals surface area contributed by atoms with E-state index in [1.165, 1.54) is 0 Å². The van der Waals surface area contributed by atoms with Crippen molar-refractivity contribution in [2.24, 2.45) is 40.6 Å². The van der Waals surface area contributed by atoms with E-state index < -0.39 is 35.0 Å². The summed E-state index contributed by atoms with van der Waals surface area (Å²) in [5.41, 5.74) is 12.2. The maximum atomic E-state index is 13.4. The summed E-state index contributed by atoms with van der Waals surface area (Å²) in [5, 5.41) is 30.6. The highest BCUT2D eigenvalue weighted by Gasteiger charge is 2.58. The van der Waals surface area contributed by atoms with Gasteiger partial charge in [0.15, 0.2) is 0 Å². The highest BCUT2D eigenvalue weighted by molar-refractivity contribution is 6.33. The molecule has 1 heterocycles. The lowest BCUT2D eigenvalue weighted by Gasteiger charge is -2.59. The molecule has 4 saturated carbocycles. The molecule has 13 nitrogen and oxygen atoms in total. The second-order valence-corrected chi connectivity index (χ2v) is 15.3. The standard InChI is InChI=1S/C31H46ClN5O4.C4H4O4/c1-4-19(28(40)35-27-20-9-18-10-21(27)14-31(12-18,13-20)29(34)41)11-25(38)23(33)15-36-16-26(39)37(17-30(36,2)3)24-8-6-5-7-22(24)32;5-3(6)1-2-4(7)8/h5-8,18-21,23,25,27,38H,4,9-17,33H2,1-3H3,(H2,34,41)(H,35,40);1-2H,(H,5,6)(H,7,8)/b;2-1+/t18?,19-,20-,21+,23+,25+,27?,31?;/m1./s1. The first kappa shape index (κ1) is 38.3. The first-order valence-corrected chi connectivity index (χ1v) is 17.3. The molecule has 5 fully saturated rings. The van der Waals surface area contributed by atoms with E-state index in [-0.39, 0.29) is 54.5 Å². The highest BCUT2D eigenvalue weighted by atomic mass is 35.5. The number of carboxylic acid groups (broad SMARTS) is 2. The number of aliphatic hydroxyl groups is 1. The minimum atomic E-state index is -1.26. The number of hydrogen-bond acceptors (Lipinski definition) is 8. The predicted molar refractivity (Wildman–Crippen MR) is 183 cm³/mol. The lowest BCUT2D eigenvalue weighted by molar-refractivity contribution is -0.148. The lowest BCUT2D eigenvalue weighted by Crippen LogP contribution is -2.64. The van der Waals surface area contributed by atoms with Crippen LogP contribution in [-0.4, -0.2) is 93.2 Å². The van der Waals surface area contributed by atoms with Crippen molar-refractivity contribution in [1.82, 2.24) is 10.2 Å². The molecule has 3 unspecified atom stereocenters. The molecule has 1 aromatic rings. The molecule has 0 spiro atoms. The van der Waals surface area contributed by atoms with Crippen molar-refractivity contribution in [1.29, 1.82) is 0 Å². The third-order valence-electron chi connectivity index (χ3n) is 11.0. The number of carbonyl (C=O) groups excluding carboxylic acids is 3. The fourth-order valence-electron chi connectivity index (χ4n) is 8.53. The molecule has 49 heavy (non-hydrogen) atoms. The van der Waals surface area contributed by atoms with Gasteiger partial charge in [-0.15, -0.1) is 0 Å². The van der Waals surface area contributed by atoms with Crippen LogP contribution in [0.15, 0.2) is 36.4 Å². The van der Waals surface area contributed by atoms with Crippen LogP contribution in [-0.2, 0) is 24.0 Å². The molecule has 8 N–H and O–H groups in total. The molecule has 6 rings (SSSR count). The quantitative estimate of drug-likeness (QED) is 0.175. The van der Waals surface area contributed by atoms with E-state index in [0.717, 1.165) is 32.1 Å². The van der Waals surface area contributed by atoms with E-state index in [2.05, 4.69) is 19.2 Å². The van der Waals surface area contributed by atoms with Crippen molar-refractivity contribution in [2.75, 3.05) is 24.5 Å². The van der Waals surface area contributed by atoms with Gasteiger partial charge in [0, 0.05) is 54.2 Å². The Morgan fingerprint density at radius 3 is 2.18 bits per heavy atom. The van der Waals surface area contributed by atoms with Gasteiger partial charge >= 0.3 is 11.9 Å². The molecule has 1 saturated heterocycles. The number of aliphatic carboxylic acids is 2. The number of anilines is 1. The Morgan fingerprint density at radius 1 is 1.06 bits per heavy atom. The minimum absolute atomic E-state index is 0.0480. The van der Waals surface area contributed by atoms with Crippen LogP contribution in [0.5, 0.6) is 0 Å². The molecule has 1 aromatic carbocycles. The van der Waals surface area contributed by atoms with Crippen LogP contribution in [0.4, 0.5) is 5.69 Å². The van der Waals surface area contributed by atoms with Gasteiger partial charge in [0.25, 0.3) is 0 Å². The zero-order valence-electron chi connectivity index (χ0n) is 28.4. The molecule has 8 atom stereocenters. The number of amides is 3. The number of halogens is 1. The summed E-state index contributed by atoms with van der Waals surface area (Å²) < 4.78 is 0. The third-order valence-corrected chi connectivity index (χ3v) is 11.3. The first-order valence-electron chi connectivity index (χ1n) is 16.9. The van der Waals surface area contributed by atoms with Crippen molar-refractivity contribution in [3.63, 3.8) is 0 Å². The number of nitrogens with two attached hydrogens (primary N) is 2. The summed E-state index contributed by atoms with van der Waals surface area (Å²) in [6, 6.07) is 6.76. The van der Waals surface area contributed by atoms with Gasteiger partial charge < -0.3 is 37.0 Å². The Kier molecular flexibility index (Phi) is 12.2. The lowest BCUT2D eigenvalue weighted by atomic mass is 9.47. The van der Waals surface area contributed by atoms with Crippen molar-refractivity contribution < 1.29 is 39.3 Å². The Labute approximate surface area is 292 Å². The number of rotatable bonds is 12. The molecule has 0 aromatic heterocycles. The SMILES string of the molecule is CC[C@H](C[C@H](O)[C@@H](N)CN1CC(=O)N(c2ccccc2Cl)CC1(C)C)C(=O)NC1[C@@H]2CC3C[C@H]1CC(C(N)=O)(C3)C2.O=C(O)/C=C/C(=O)O. The van der Waals surface area contributed by atoms with Gasteiger partial charge in [0.05, 0.1) is 23.4 Å². The molecular formula is C35H50ClN5O8. The highest BCUT2D eigenvalue weighted by Crippen LogP contribution is 2.60. The number of benzene rings is 1. The average molecular weight is 704 g/mol. The summed E-state index contributed by atoms with van der Waals surface area (Å²) in [7, 11) is 0. The Balaban J connectivity index is 0.000000603. The summed E-state index contributed by atoms with van der Waals surface area (Å²) in [5.74, 6) is -2.09. The molecule has 3 amide bonds. The van der Waals surface area contributed by atoms with Gasteiger partial charge in [-0.05, 0) is 88.7 Å². The second kappa shape index (κ2) is 15.6. The Morgan fingerprint density at radius 2 is 1.65 bits per heavy atom. The van der Waals surface area contributed by atoms with Crippen LogP contribution >= 0.6 is 11.6 Å². The zero-order chi connectivity index (χ0) is 36.3. The maximum Gasteiger partial charge on any atom is 0.328 e. The summed E-state index contributed by atoms with van der Waals surface area (Å²) in [6.45, 7) is 7.00. The number of aliphatic hydroxyl groups excluding tert-OH is 1. The molecule has 270 valence electrons. The van der Waals surface area contributed by atoms with Crippen molar-refractivity contribution in [3.05, 3.63) is 41.4 Å². The number of primary amides is 1. The second-order valence-electron chi connectivity index (χ2n) is 14.9. The van der Waals surface area contributed by atoms with Crippen LogP contribution in [0.3, 0.4) is 0 Å². The topological polar surface area (TPSA) is 217 Å². The van der Waals surface area contributed by atoms with Crippen molar-refractivity contribution in [3.8, 4) is 0 Å². The summed E-state index contributed by atoms with van der Waals surface area (Å²) in [6.07, 6.45) is 5.58. The minimum Gasteiger partial charge on any atom is -0.478 e. The Hall–Kier alpha value is -3.52. The van der Waals surface area contributed by atoms with E-state index in [4.69, 9.17) is 33.3 Å². The van der Waals surface area contributed by atoms with Gasteiger partial charge in [-0.2, -0.15) is 0 Å². The third kappa shape index (κ3) is 8.99. The fourth-order valence-corrected chi connectivity index (χ4v) is 8.77. The van der Waals surface area contributed by atoms with Gasteiger partial charge in [-0.1, -0.05) is 30.7 Å².